The predicted molar refractivity (Wildman–Crippen MR) is 101 cm³/mol. The summed E-state index contributed by atoms with van der Waals surface area (Å²) in [6.07, 6.45) is 2.20. The first kappa shape index (κ1) is 18.3. The molecule has 0 saturated carbocycles. The Hall–Kier alpha value is -3.09. The molecule has 3 heterocycles. The highest BCUT2D eigenvalue weighted by Crippen LogP contribution is 2.43. The van der Waals surface area contributed by atoms with Gasteiger partial charge >= 0.3 is 5.97 Å². The van der Waals surface area contributed by atoms with E-state index < -0.39 is 5.92 Å². The number of carbonyl (C=O) groups excluding carboxylic acids is 3. The molecule has 7 nitrogen and oxygen atoms in total. The molecule has 0 aliphatic carbocycles. The Morgan fingerprint density at radius 1 is 1.18 bits per heavy atom. The highest BCUT2D eigenvalue weighted by atomic mass is 16.5. The Balaban J connectivity index is 1.64. The predicted octanol–water partition coefficient (Wildman–Crippen LogP) is 1.91. The van der Waals surface area contributed by atoms with E-state index in [9.17, 15) is 14.4 Å². The van der Waals surface area contributed by atoms with Crippen molar-refractivity contribution in [1.82, 2.24) is 14.8 Å². The van der Waals surface area contributed by atoms with Crippen LogP contribution in [-0.4, -0.2) is 58.8 Å². The average Bonchev–Trinajstić information content (AvgIpc) is 3.31. The second-order valence-electron chi connectivity index (χ2n) is 7.38. The van der Waals surface area contributed by atoms with Crippen molar-refractivity contribution in [3.05, 3.63) is 59.4 Å². The SMILES string of the molecule is COC(=O)[C@H]1C[C@H]2CN(C(=O)c3cc[nH]c3C)CC(=O)N2[C@H]1c1ccccc1. The van der Waals surface area contributed by atoms with E-state index in [0.29, 0.717) is 18.5 Å². The van der Waals surface area contributed by atoms with E-state index >= 15 is 0 Å². The second-order valence-corrected chi connectivity index (χ2v) is 7.38. The van der Waals surface area contributed by atoms with Crippen LogP contribution in [0.2, 0.25) is 0 Å². The molecule has 1 N–H and O–H groups in total. The van der Waals surface area contributed by atoms with Crippen LogP contribution in [0.25, 0.3) is 0 Å². The molecule has 2 fully saturated rings. The van der Waals surface area contributed by atoms with Gasteiger partial charge in [-0.15, -0.1) is 0 Å². The second kappa shape index (κ2) is 7.14. The maximum absolute atomic E-state index is 13.1. The number of fused-ring (bicyclic) bond motifs is 1. The number of methoxy groups -OCH3 is 1. The third kappa shape index (κ3) is 2.96. The van der Waals surface area contributed by atoms with E-state index in [0.717, 1.165) is 11.3 Å². The van der Waals surface area contributed by atoms with Crippen LogP contribution in [0.1, 0.15) is 34.1 Å². The van der Waals surface area contributed by atoms with Gasteiger partial charge in [0.05, 0.1) is 30.7 Å². The molecule has 1 aromatic carbocycles. The maximum Gasteiger partial charge on any atom is 0.311 e. The smallest absolute Gasteiger partial charge is 0.311 e. The molecule has 2 saturated heterocycles. The number of rotatable bonds is 3. The van der Waals surface area contributed by atoms with Gasteiger partial charge in [-0.1, -0.05) is 30.3 Å². The maximum atomic E-state index is 13.1. The number of aromatic nitrogens is 1. The summed E-state index contributed by atoms with van der Waals surface area (Å²) in [5.74, 6) is -1.07. The molecule has 2 amide bonds. The molecule has 0 spiro atoms. The number of nitrogens with zero attached hydrogens (tertiary/aromatic N) is 2. The lowest BCUT2D eigenvalue weighted by Gasteiger charge is -2.40. The standard InChI is InChI=1S/C21H23N3O4/c1-13-16(8-9-22-13)20(26)23-11-15-10-17(21(27)28-2)19(24(15)18(25)12-23)14-6-4-3-5-7-14/h3-9,15,17,19,22H,10-12H2,1-2H3/t15-,17-,19-/m0/s1. The Morgan fingerprint density at radius 3 is 2.57 bits per heavy atom. The first-order chi connectivity index (χ1) is 13.5. The molecule has 28 heavy (non-hydrogen) atoms. The normalized spacial score (nSPS) is 24.2. The number of aryl methyl sites for hydroxylation is 1. The van der Waals surface area contributed by atoms with Crippen LogP contribution < -0.4 is 0 Å². The minimum Gasteiger partial charge on any atom is -0.469 e. The summed E-state index contributed by atoms with van der Waals surface area (Å²) >= 11 is 0. The van der Waals surface area contributed by atoms with Crippen LogP contribution in [0.15, 0.2) is 42.6 Å². The summed E-state index contributed by atoms with van der Waals surface area (Å²) in [6, 6.07) is 10.7. The molecule has 0 unspecified atom stereocenters. The molecule has 1 aromatic heterocycles. The average molecular weight is 381 g/mol. The first-order valence-electron chi connectivity index (χ1n) is 9.38. The molecule has 0 radical (unpaired) electrons. The zero-order valence-corrected chi connectivity index (χ0v) is 15.9. The minimum atomic E-state index is -0.439. The van der Waals surface area contributed by atoms with Crippen molar-refractivity contribution in [1.29, 1.82) is 0 Å². The van der Waals surface area contributed by atoms with Gasteiger partial charge in [0.15, 0.2) is 0 Å². The number of nitrogens with one attached hydrogen (secondary N) is 1. The number of ether oxygens (including phenoxy) is 1. The molecular formula is C21H23N3O4. The fraction of sp³-hybridized carbons (Fsp3) is 0.381. The van der Waals surface area contributed by atoms with Crippen molar-refractivity contribution in [2.45, 2.75) is 25.4 Å². The zero-order valence-electron chi connectivity index (χ0n) is 15.9. The van der Waals surface area contributed by atoms with Crippen molar-refractivity contribution in [2.75, 3.05) is 20.2 Å². The highest BCUT2D eigenvalue weighted by Gasteiger charge is 2.51. The van der Waals surface area contributed by atoms with Crippen LogP contribution >= 0.6 is 0 Å². The molecule has 2 aliphatic heterocycles. The lowest BCUT2D eigenvalue weighted by Crippen LogP contribution is -2.55. The van der Waals surface area contributed by atoms with E-state index in [1.165, 1.54) is 7.11 Å². The zero-order chi connectivity index (χ0) is 19.8. The Morgan fingerprint density at radius 2 is 1.93 bits per heavy atom. The lowest BCUT2D eigenvalue weighted by molar-refractivity contribution is -0.147. The minimum absolute atomic E-state index is 0.0111. The van der Waals surface area contributed by atoms with E-state index in [2.05, 4.69) is 4.98 Å². The Labute approximate surface area is 163 Å². The number of piperazine rings is 1. The summed E-state index contributed by atoms with van der Waals surface area (Å²) in [5, 5.41) is 0. The monoisotopic (exact) mass is 381 g/mol. The summed E-state index contributed by atoms with van der Waals surface area (Å²) in [4.78, 5) is 44.8. The summed E-state index contributed by atoms with van der Waals surface area (Å²) in [6.45, 7) is 2.25. The van der Waals surface area contributed by atoms with Gasteiger partial charge in [0.1, 0.15) is 6.54 Å². The molecule has 7 heteroatoms. The van der Waals surface area contributed by atoms with Crippen LogP contribution in [0, 0.1) is 12.8 Å². The largest absolute Gasteiger partial charge is 0.469 e. The van der Waals surface area contributed by atoms with Gasteiger partial charge < -0.3 is 19.5 Å². The van der Waals surface area contributed by atoms with E-state index in [-0.39, 0.29) is 36.4 Å². The van der Waals surface area contributed by atoms with E-state index in [4.69, 9.17) is 4.74 Å². The fourth-order valence-electron chi connectivity index (χ4n) is 4.47. The van der Waals surface area contributed by atoms with Crippen molar-refractivity contribution >= 4 is 17.8 Å². The topological polar surface area (TPSA) is 82.7 Å². The van der Waals surface area contributed by atoms with Gasteiger partial charge in [-0.2, -0.15) is 0 Å². The van der Waals surface area contributed by atoms with Crippen LogP contribution in [0.3, 0.4) is 0 Å². The van der Waals surface area contributed by atoms with Crippen molar-refractivity contribution < 1.29 is 19.1 Å². The molecule has 2 aliphatic rings. The Bertz CT molecular complexity index is 907. The first-order valence-corrected chi connectivity index (χ1v) is 9.38. The van der Waals surface area contributed by atoms with Crippen LogP contribution in [0.4, 0.5) is 0 Å². The van der Waals surface area contributed by atoms with Crippen molar-refractivity contribution in [2.24, 2.45) is 5.92 Å². The third-order valence-electron chi connectivity index (χ3n) is 5.76. The van der Waals surface area contributed by atoms with Crippen molar-refractivity contribution in [3.63, 3.8) is 0 Å². The van der Waals surface area contributed by atoms with Gasteiger partial charge in [0.2, 0.25) is 5.91 Å². The summed E-state index contributed by atoms with van der Waals surface area (Å²) in [7, 11) is 1.37. The molecule has 146 valence electrons. The molecule has 2 aromatic rings. The number of aromatic amines is 1. The number of hydrogen-bond acceptors (Lipinski definition) is 4. The van der Waals surface area contributed by atoms with Crippen LogP contribution in [-0.2, 0) is 14.3 Å². The summed E-state index contributed by atoms with van der Waals surface area (Å²) < 4.78 is 5.01. The van der Waals surface area contributed by atoms with Crippen LogP contribution in [0.5, 0.6) is 0 Å². The van der Waals surface area contributed by atoms with E-state index in [1.54, 1.807) is 22.1 Å². The lowest BCUT2D eigenvalue weighted by atomic mass is 9.93. The molecule has 4 rings (SSSR count). The van der Waals surface area contributed by atoms with E-state index in [1.807, 2.05) is 37.3 Å². The van der Waals surface area contributed by atoms with Gasteiger partial charge in [-0.05, 0) is 25.0 Å². The molecule has 0 bridgehead atoms. The molecular weight excluding hydrogens is 358 g/mol. The number of H-pyrrole nitrogens is 1. The van der Waals surface area contributed by atoms with Gasteiger partial charge in [-0.25, -0.2) is 0 Å². The quantitative estimate of drug-likeness (QED) is 0.824. The highest BCUT2D eigenvalue weighted by molar-refractivity contribution is 5.98. The number of benzene rings is 1. The van der Waals surface area contributed by atoms with Crippen molar-refractivity contribution in [3.8, 4) is 0 Å². The fourth-order valence-corrected chi connectivity index (χ4v) is 4.47. The number of amides is 2. The molecule has 3 atom stereocenters. The Kier molecular flexibility index (Phi) is 4.66. The van der Waals surface area contributed by atoms with Gasteiger partial charge in [0.25, 0.3) is 5.91 Å². The summed E-state index contributed by atoms with van der Waals surface area (Å²) in [5.41, 5.74) is 2.26. The number of carbonyl (C=O) groups is 3. The van der Waals surface area contributed by atoms with Gasteiger partial charge in [-0.3, -0.25) is 14.4 Å². The van der Waals surface area contributed by atoms with Gasteiger partial charge in [0, 0.05) is 18.4 Å². The number of esters is 1. The number of hydrogen-bond donors (Lipinski definition) is 1. The third-order valence-corrected chi connectivity index (χ3v) is 5.76.